The van der Waals surface area contributed by atoms with E-state index in [0.717, 1.165) is 30.5 Å². The summed E-state index contributed by atoms with van der Waals surface area (Å²) in [6.45, 7) is 4.14. The van der Waals surface area contributed by atoms with Crippen molar-refractivity contribution in [1.82, 2.24) is 5.32 Å². The topological polar surface area (TPSA) is 12.0 Å². The van der Waals surface area contributed by atoms with Crippen molar-refractivity contribution in [3.05, 3.63) is 34.1 Å². The van der Waals surface area contributed by atoms with Gasteiger partial charge in [0.1, 0.15) is 5.82 Å². The molecule has 2 rings (SSSR count). The van der Waals surface area contributed by atoms with E-state index in [4.69, 9.17) is 0 Å². The third-order valence-corrected chi connectivity index (χ3v) is 4.40. The molecule has 1 nitrogen and oxygen atoms in total. The van der Waals surface area contributed by atoms with Gasteiger partial charge in [-0.05, 0) is 58.4 Å². The van der Waals surface area contributed by atoms with Gasteiger partial charge in [-0.15, -0.1) is 0 Å². The van der Waals surface area contributed by atoms with Gasteiger partial charge in [-0.2, -0.15) is 0 Å². The van der Waals surface area contributed by atoms with Gasteiger partial charge in [-0.1, -0.05) is 25.8 Å². The average Bonchev–Trinajstić information content (AvgIpc) is 2.70. The second-order valence-electron chi connectivity index (χ2n) is 5.05. The number of halogens is 2. The minimum Gasteiger partial charge on any atom is -0.312 e. The fourth-order valence-corrected chi connectivity index (χ4v) is 2.82. The van der Waals surface area contributed by atoms with Crippen LogP contribution in [0.5, 0.6) is 0 Å². The van der Waals surface area contributed by atoms with Crippen molar-refractivity contribution in [3.63, 3.8) is 0 Å². The molecule has 2 atom stereocenters. The number of hydrogen-bond donors (Lipinski definition) is 1. The van der Waals surface area contributed by atoms with Crippen LogP contribution in [-0.2, 0) is 6.54 Å². The molecule has 0 saturated heterocycles. The molecule has 1 aliphatic rings. The van der Waals surface area contributed by atoms with Gasteiger partial charge in [0.25, 0.3) is 0 Å². The van der Waals surface area contributed by atoms with E-state index in [-0.39, 0.29) is 5.82 Å². The summed E-state index contributed by atoms with van der Waals surface area (Å²) in [5, 5.41) is 3.44. The Balaban J connectivity index is 1.79. The zero-order chi connectivity index (χ0) is 12.3. The molecule has 1 N–H and O–H groups in total. The quantitative estimate of drug-likeness (QED) is 0.882. The first kappa shape index (κ1) is 13.0. The Morgan fingerprint density at radius 3 is 2.88 bits per heavy atom. The standard InChI is InChI=1S/C14H19BrFN/c1-10-3-2-4-12(10)9-17-8-11-5-6-13(15)14(16)7-11/h5-7,10,12,17H,2-4,8-9H2,1H3. The van der Waals surface area contributed by atoms with Gasteiger partial charge in [-0.3, -0.25) is 0 Å². The summed E-state index contributed by atoms with van der Waals surface area (Å²) in [7, 11) is 0. The van der Waals surface area contributed by atoms with E-state index in [2.05, 4.69) is 28.2 Å². The Morgan fingerprint density at radius 1 is 1.41 bits per heavy atom. The maximum absolute atomic E-state index is 13.3. The first-order valence-electron chi connectivity index (χ1n) is 6.31. The Labute approximate surface area is 111 Å². The van der Waals surface area contributed by atoms with Gasteiger partial charge in [0.2, 0.25) is 0 Å². The Bertz CT molecular complexity index is 380. The van der Waals surface area contributed by atoms with Crippen LogP contribution in [0.3, 0.4) is 0 Å². The lowest BCUT2D eigenvalue weighted by Crippen LogP contribution is -2.23. The largest absolute Gasteiger partial charge is 0.312 e. The lowest BCUT2D eigenvalue weighted by molar-refractivity contribution is 0.392. The van der Waals surface area contributed by atoms with Crippen molar-refractivity contribution < 1.29 is 4.39 Å². The van der Waals surface area contributed by atoms with E-state index >= 15 is 0 Å². The number of benzene rings is 1. The maximum atomic E-state index is 13.3. The van der Waals surface area contributed by atoms with Crippen molar-refractivity contribution in [2.75, 3.05) is 6.54 Å². The van der Waals surface area contributed by atoms with Crippen LogP contribution in [0.1, 0.15) is 31.7 Å². The predicted octanol–water partition coefficient (Wildman–Crippen LogP) is 4.11. The Kier molecular flexibility index (Phi) is 4.57. The van der Waals surface area contributed by atoms with Gasteiger partial charge in [0.05, 0.1) is 4.47 Å². The third kappa shape index (κ3) is 3.52. The van der Waals surface area contributed by atoms with Gasteiger partial charge in [0.15, 0.2) is 0 Å². The summed E-state index contributed by atoms with van der Waals surface area (Å²) in [5.74, 6) is 1.46. The summed E-state index contributed by atoms with van der Waals surface area (Å²) in [6, 6.07) is 5.32. The molecule has 94 valence electrons. The van der Waals surface area contributed by atoms with E-state index in [1.807, 2.05) is 6.07 Å². The van der Waals surface area contributed by atoms with Crippen LogP contribution < -0.4 is 5.32 Å². The summed E-state index contributed by atoms with van der Waals surface area (Å²) in [4.78, 5) is 0. The van der Waals surface area contributed by atoms with E-state index in [0.29, 0.717) is 4.47 Å². The van der Waals surface area contributed by atoms with Gasteiger partial charge in [0, 0.05) is 6.54 Å². The van der Waals surface area contributed by atoms with E-state index in [9.17, 15) is 4.39 Å². The van der Waals surface area contributed by atoms with Crippen LogP contribution in [-0.4, -0.2) is 6.54 Å². The highest BCUT2D eigenvalue weighted by molar-refractivity contribution is 9.10. The molecule has 0 spiro atoms. The maximum Gasteiger partial charge on any atom is 0.137 e. The SMILES string of the molecule is CC1CCCC1CNCc1ccc(Br)c(F)c1. The van der Waals surface area contributed by atoms with Crippen molar-refractivity contribution >= 4 is 15.9 Å². The molecule has 1 aromatic rings. The van der Waals surface area contributed by atoms with Crippen LogP contribution in [0.2, 0.25) is 0 Å². The molecule has 3 heteroatoms. The molecule has 17 heavy (non-hydrogen) atoms. The number of hydrogen-bond acceptors (Lipinski definition) is 1. The molecular weight excluding hydrogens is 281 g/mol. The molecule has 0 radical (unpaired) electrons. The predicted molar refractivity (Wildman–Crippen MR) is 72.3 cm³/mol. The summed E-state index contributed by atoms with van der Waals surface area (Å²) in [5.41, 5.74) is 1.01. The second-order valence-corrected chi connectivity index (χ2v) is 5.90. The second kappa shape index (κ2) is 5.96. The third-order valence-electron chi connectivity index (χ3n) is 3.76. The number of nitrogens with one attached hydrogen (secondary N) is 1. The van der Waals surface area contributed by atoms with Crippen LogP contribution in [0.15, 0.2) is 22.7 Å². The fourth-order valence-electron chi connectivity index (χ4n) is 2.58. The molecule has 0 bridgehead atoms. The van der Waals surface area contributed by atoms with Crippen molar-refractivity contribution in [1.29, 1.82) is 0 Å². The summed E-state index contributed by atoms with van der Waals surface area (Å²) >= 11 is 3.16. The smallest absolute Gasteiger partial charge is 0.137 e. The zero-order valence-corrected chi connectivity index (χ0v) is 11.8. The van der Waals surface area contributed by atoms with E-state index < -0.39 is 0 Å². The van der Waals surface area contributed by atoms with Crippen LogP contribution in [0, 0.1) is 17.7 Å². The minimum absolute atomic E-state index is 0.182. The molecule has 0 aromatic heterocycles. The fraction of sp³-hybridized carbons (Fsp3) is 0.571. The minimum atomic E-state index is -0.182. The normalized spacial score (nSPS) is 24.2. The molecular formula is C14H19BrFN. The highest BCUT2D eigenvalue weighted by Crippen LogP contribution is 2.30. The van der Waals surface area contributed by atoms with Crippen LogP contribution >= 0.6 is 15.9 Å². The summed E-state index contributed by atoms with van der Waals surface area (Å²) in [6.07, 6.45) is 4.06. The van der Waals surface area contributed by atoms with E-state index in [1.54, 1.807) is 12.1 Å². The lowest BCUT2D eigenvalue weighted by atomic mass is 9.98. The molecule has 2 unspecified atom stereocenters. The molecule has 1 aliphatic carbocycles. The lowest BCUT2D eigenvalue weighted by Gasteiger charge is -2.16. The highest BCUT2D eigenvalue weighted by atomic mass is 79.9. The molecule has 1 aromatic carbocycles. The average molecular weight is 300 g/mol. The molecule has 0 amide bonds. The van der Waals surface area contributed by atoms with Crippen LogP contribution in [0.25, 0.3) is 0 Å². The first-order chi connectivity index (χ1) is 8.16. The first-order valence-corrected chi connectivity index (χ1v) is 7.11. The molecule has 1 fully saturated rings. The monoisotopic (exact) mass is 299 g/mol. The van der Waals surface area contributed by atoms with Gasteiger partial charge in [-0.25, -0.2) is 4.39 Å². The highest BCUT2D eigenvalue weighted by Gasteiger charge is 2.22. The zero-order valence-electron chi connectivity index (χ0n) is 10.2. The van der Waals surface area contributed by atoms with Crippen LogP contribution in [0.4, 0.5) is 4.39 Å². The van der Waals surface area contributed by atoms with Crippen molar-refractivity contribution in [3.8, 4) is 0 Å². The summed E-state index contributed by atoms with van der Waals surface area (Å²) < 4.78 is 13.8. The molecule has 0 heterocycles. The molecule has 1 saturated carbocycles. The Morgan fingerprint density at radius 2 is 2.24 bits per heavy atom. The van der Waals surface area contributed by atoms with E-state index in [1.165, 1.54) is 19.3 Å². The van der Waals surface area contributed by atoms with Crippen molar-refractivity contribution in [2.24, 2.45) is 11.8 Å². The number of rotatable bonds is 4. The molecule has 0 aliphatic heterocycles. The van der Waals surface area contributed by atoms with Gasteiger partial charge < -0.3 is 5.32 Å². The van der Waals surface area contributed by atoms with Gasteiger partial charge >= 0.3 is 0 Å². The Hall–Kier alpha value is -0.410. The van der Waals surface area contributed by atoms with Crippen molar-refractivity contribution in [2.45, 2.75) is 32.7 Å².